The topological polar surface area (TPSA) is 61.4 Å². The molecule has 0 atom stereocenters. The largest absolute Gasteiger partial charge is 0.370 e. The van der Waals surface area contributed by atoms with Crippen LogP contribution in [0.2, 0.25) is 0 Å². The predicted octanol–water partition coefficient (Wildman–Crippen LogP) is 2.20. The molecule has 3 aliphatic rings. The van der Waals surface area contributed by atoms with E-state index in [1.165, 1.54) is 12.1 Å². The first-order valence-electron chi connectivity index (χ1n) is 8.86. The monoisotopic (exact) mass is 369 g/mol. The van der Waals surface area contributed by atoms with E-state index in [1.54, 1.807) is 6.07 Å². The number of nitrogens with zero attached hydrogens (tertiary/aromatic N) is 1. The van der Waals surface area contributed by atoms with E-state index in [0.717, 1.165) is 17.3 Å². The number of halogens is 2. The van der Waals surface area contributed by atoms with Crippen LogP contribution in [0.3, 0.4) is 0 Å². The molecule has 1 spiro atoms. The van der Waals surface area contributed by atoms with E-state index >= 15 is 0 Å². The molecule has 0 saturated carbocycles. The van der Waals surface area contributed by atoms with Gasteiger partial charge in [0.1, 0.15) is 11.6 Å². The van der Waals surface area contributed by atoms with Gasteiger partial charge in [0.05, 0.1) is 0 Å². The summed E-state index contributed by atoms with van der Waals surface area (Å²) in [5.41, 5.74) is 3.02. The van der Waals surface area contributed by atoms with E-state index in [-0.39, 0.29) is 22.8 Å². The van der Waals surface area contributed by atoms with Gasteiger partial charge in [-0.2, -0.15) is 0 Å². The lowest BCUT2D eigenvalue weighted by atomic mass is 9.78. The summed E-state index contributed by atoms with van der Waals surface area (Å²) in [5.74, 6) is -1.43. The lowest BCUT2D eigenvalue weighted by Gasteiger charge is -2.49. The van der Waals surface area contributed by atoms with Crippen molar-refractivity contribution in [2.75, 3.05) is 24.5 Å². The lowest BCUT2D eigenvalue weighted by Crippen LogP contribution is -2.57. The molecule has 0 aliphatic carbocycles. The number of carbonyl (C=O) groups excluding carboxylic acids is 2. The van der Waals surface area contributed by atoms with Crippen molar-refractivity contribution in [1.29, 1.82) is 0 Å². The SMILES string of the molecule is O=C1CC2(CN1)CN(c1cc(-c3ccc(F)cc3F)cc3c1CNC3=O)C2. The van der Waals surface area contributed by atoms with E-state index in [4.69, 9.17) is 0 Å². The zero-order chi connectivity index (χ0) is 18.8. The Bertz CT molecular complexity index is 999. The second-order valence-electron chi connectivity index (χ2n) is 7.64. The first-order valence-corrected chi connectivity index (χ1v) is 8.86. The van der Waals surface area contributed by atoms with Gasteiger partial charge in [0.25, 0.3) is 5.91 Å². The van der Waals surface area contributed by atoms with Gasteiger partial charge in [-0.1, -0.05) is 0 Å². The Hall–Kier alpha value is -2.96. The molecule has 5 nitrogen and oxygen atoms in total. The number of hydrogen-bond acceptors (Lipinski definition) is 3. The minimum atomic E-state index is -0.662. The molecule has 138 valence electrons. The molecule has 2 aromatic carbocycles. The van der Waals surface area contributed by atoms with Gasteiger partial charge in [-0.3, -0.25) is 9.59 Å². The Kier molecular flexibility index (Phi) is 3.32. The number of rotatable bonds is 2. The van der Waals surface area contributed by atoms with Gasteiger partial charge in [-0.15, -0.1) is 0 Å². The second kappa shape index (κ2) is 5.52. The normalized spacial score (nSPS) is 19.7. The number of fused-ring (bicyclic) bond motifs is 1. The van der Waals surface area contributed by atoms with Crippen LogP contribution in [-0.4, -0.2) is 31.4 Å². The zero-order valence-corrected chi connectivity index (χ0v) is 14.4. The van der Waals surface area contributed by atoms with Gasteiger partial charge < -0.3 is 15.5 Å². The molecule has 0 unspecified atom stereocenters. The average Bonchev–Trinajstić information content (AvgIpc) is 3.17. The molecule has 2 saturated heterocycles. The van der Waals surface area contributed by atoms with Gasteiger partial charge in [0.2, 0.25) is 5.91 Å². The highest BCUT2D eigenvalue weighted by molar-refractivity contribution is 6.01. The molecule has 0 radical (unpaired) electrons. The molecule has 3 aliphatic heterocycles. The highest BCUT2D eigenvalue weighted by atomic mass is 19.1. The molecule has 2 fully saturated rings. The van der Waals surface area contributed by atoms with Gasteiger partial charge in [-0.25, -0.2) is 8.78 Å². The highest BCUT2D eigenvalue weighted by Gasteiger charge is 2.49. The number of benzene rings is 2. The summed E-state index contributed by atoms with van der Waals surface area (Å²) in [4.78, 5) is 25.9. The number of anilines is 1. The smallest absolute Gasteiger partial charge is 0.251 e. The van der Waals surface area contributed by atoms with Crippen molar-refractivity contribution in [2.24, 2.45) is 5.41 Å². The molecule has 27 heavy (non-hydrogen) atoms. The summed E-state index contributed by atoms with van der Waals surface area (Å²) in [5, 5.41) is 5.69. The standard InChI is InChI=1S/C20H17F2N3O2/c21-12-1-2-13(16(22)5-12)11-3-14-15(7-23-19(14)27)17(4-11)25-9-20(10-25)6-18(26)24-8-20/h1-5H,6-10H2,(H,23,27)(H,24,26). The average molecular weight is 369 g/mol. The van der Waals surface area contributed by atoms with Crippen molar-refractivity contribution in [3.8, 4) is 11.1 Å². The fourth-order valence-electron chi connectivity index (χ4n) is 4.38. The van der Waals surface area contributed by atoms with E-state index < -0.39 is 11.6 Å². The van der Waals surface area contributed by atoms with Crippen molar-refractivity contribution >= 4 is 17.5 Å². The zero-order valence-electron chi connectivity index (χ0n) is 14.4. The Morgan fingerprint density at radius 3 is 2.52 bits per heavy atom. The van der Waals surface area contributed by atoms with Crippen LogP contribution in [0, 0.1) is 17.0 Å². The van der Waals surface area contributed by atoms with Crippen LogP contribution < -0.4 is 15.5 Å². The maximum absolute atomic E-state index is 14.3. The van der Waals surface area contributed by atoms with Crippen LogP contribution in [0.1, 0.15) is 22.3 Å². The van der Waals surface area contributed by atoms with Crippen LogP contribution in [0.4, 0.5) is 14.5 Å². The Morgan fingerprint density at radius 1 is 1.00 bits per heavy atom. The third-order valence-electron chi connectivity index (χ3n) is 5.73. The molecule has 5 rings (SSSR count). The predicted molar refractivity (Wildman–Crippen MR) is 95.2 cm³/mol. The number of carbonyl (C=O) groups is 2. The van der Waals surface area contributed by atoms with Crippen molar-refractivity contribution < 1.29 is 18.4 Å². The third kappa shape index (κ3) is 2.49. The summed E-state index contributed by atoms with van der Waals surface area (Å²) in [6.45, 7) is 2.51. The summed E-state index contributed by atoms with van der Waals surface area (Å²) in [6, 6.07) is 6.96. The number of hydrogen-bond donors (Lipinski definition) is 2. The minimum absolute atomic E-state index is 0.0584. The van der Waals surface area contributed by atoms with Crippen LogP contribution in [0.15, 0.2) is 30.3 Å². The van der Waals surface area contributed by atoms with Crippen molar-refractivity contribution in [2.45, 2.75) is 13.0 Å². The fourth-order valence-corrected chi connectivity index (χ4v) is 4.38. The van der Waals surface area contributed by atoms with Crippen LogP contribution >= 0.6 is 0 Å². The maximum atomic E-state index is 14.3. The fraction of sp³-hybridized carbons (Fsp3) is 0.300. The molecule has 2 aromatic rings. The number of amides is 2. The molecule has 0 bridgehead atoms. The van der Waals surface area contributed by atoms with E-state index in [9.17, 15) is 18.4 Å². The molecule has 0 aromatic heterocycles. The summed E-state index contributed by atoms with van der Waals surface area (Å²) < 4.78 is 27.6. The first kappa shape index (κ1) is 16.2. The minimum Gasteiger partial charge on any atom is -0.370 e. The van der Waals surface area contributed by atoms with Crippen LogP contribution in [0.25, 0.3) is 11.1 Å². The third-order valence-corrected chi connectivity index (χ3v) is 5.73. The molecular weight excluding hydrogens is 352 g/mol. The summed E-state index contributed by atoms with van der Waals surface area (Å²) >= 11 is 0. The van der Waals surface area contributed by atoms with Crippen LogP contribution in [-0.2, 0) is 11.3 Å². The molecule has 7 heteroatoms. The maximum Gasteiger partial charge on any atom is 0.251 e. The molecule has 3 heterocycles. The Labute approximate surface area is 154 Å². The van der Waals surface area contributed by atoms with Crippen molar-refractivity contribution in [3.05, 3.63) is 53.1 Å². The van der Waals surface area contributed by atoms with Gasteiger partial charge in [0, 0.05) is 66.5 Å². The Balaban J connectivity index is 1.56. The molecule has 2 N–H and O–H groups in total. The highest BCUT2D eigenvalue weighted by Crippen LogP contribution is 2.43. The summed E-state index contributed by atoms with van der Waals surface area (Å²) in [6.07, 6.45) is 0.509. The quantitative estimate of drug-likeness (QED) is 0.853. The summed E-state index contributed by atoms with van der Waals surface area (Å²) in [7, 11) is 0. The van der Waals surface area contributed by atoms with Crippen LogP contribution in [0.5, 0.6) is 0 Å². The van der Waals surface area contributed by atoms with Gasteiger partial charge in [0.15, 0.2) is 0 Å². The molecular formula is C20H17F2N3O2. The van der Waals surface area contributed by atoms with Crippen molar-refractivity contribution in [1.82, 2.24) is 10.6 Å². The van der Waals surface area contributed by atoms with E-state index in [0.29, 0.717) is 43.7 Å². The molecule has 2 amide bonds. The lowest BCUT2D eigenvalue weighted by molar-refractivity contribution is -0.119. The first-order chi connectivity index (χ1) is 12.9. The van der Waals surface area contributed by atoms with E-state index in [2.05, 4.69) is 15.5 Å². The van der Waals surface area contributed by atoms with Gasteiger partial charge in [-0.05, 0) is 29.8 Å². The number of nitrogens with one attached hydrogen (secondary N) is 2. The van der Waals surface area contributed by atoms with Crippen molar-refractivity contribution in [3.63, 3.8) is 0 Å². The Morgan fingerprint density at radius 2 is 1.81 bits per heavy atom. The second-order valence-corrected chi connectivity index (χ2v) is 7.64. The van der Waals surface area contributed by atoms with Gasteiger partial charge >= 0.3 is 0 Å². The van der Waals surface area contributed by atoms with E-state index in [1.807, 2.05) is 6.07 Å².